The van der Waals surface area contributed by atoms with E-state index in [0.29, 0.717) is 12.3 Å². The number of nitrogens with one attached hydrogen (secondary N) is 1. The van der Waals surface area contributed by atoms with Crippen molar-refractivity contribution >= 4 is 28.8 Å². The molecule has 2 aromatic rings. The van der Waals surface area contributed by atoms with Gasteiger partial charge in [-0.1, -0.05) is 16.8 Å². The lowest BCUT2D eigenvalue weighted by atomic mass is 10.3. The molecule has 2 rings (SSSR count). The largest absolute Gasteiger partial charge is 0.361 e. The van der Waals surface area contributed by atoms with Crippen LogP contribution in [-0.4, -0.2) is 11.1 Å². The fraction of sp³-hybridized carbons (Fsp3) is 0.273. The zero-order chi connectivity index (χ0) is 12.3. The van der Waals surface area contributed by atoms with Gasteiger partial charge in [0.2, 0.25) is 5.91 Å². The van der Waals surface area contributed by atoms with E-state index in [2.05, 4.69) is 10.5 Å². The second-order valence-electron chi connectivity index (χ2n) is 3.59. The van der Waals surface area contributed by atoms with Crippen LogP contribution in [-0.2, 0) is 17.8 Å². The van der Waals surface area contributed by atoms with Crippen LogP contribution in [0, 0.1) is 6.92 Å². The van der Waals surface area contributed by atoms with Crippen molar-refractivity contribution in [1.29, 1.82) is 0 Å². The molecule has 0 bridgehead atoms. The Morgan fingerprint density at radius 3 is 3.00 bits per heavy atom. The summed E-state index contributed by atoms with van der Waals surface area (Å²) < 4.78 is 5.68. The average Bonchev–Trinajstić information content (AvgIpc) is 2.85. The molecule has 0 aliphatic heterocycles. The van der Waals surface area contributed by atoms with Gasteiger partial charge < -0.3 is 9.84 Å². The summed E-state index contributed by atoms with van der Waals surface area (Å²) in [4.78, 5) is 12.6. The molecule has 0 spiro atoms. The Balaban J connectivity index is 1.82. The molecule has 0 radical (unpaired) electrons. The lowest BCUT2D eigenvalue weighted by Gasteiger charge is -2.00. The number of hydrogen-bond acceptors (Lipinski definition) is 4. The second kappa shape index (κ2) is 5.33. The van der Waals surface area contributed by atoms with Crippen molar-refractivity contribution in [2.24, 2.45) is 0 Å². The van der Waals surface area contributed by atoms with Crippen LogP contribution in [0.4, 0.5) is 0 Å². The van der Waals surface area contributed by atoms with Gasteiger partial charge in [-0.15, -0.1) is 11.3 Å². The summed E-state index contributed by atoms with van der Waals surface area (Å²) in [6.45, 7) is 2.31. The summed E-state index contributed by atoms with van der Waals surface area (Å²) >= 11 is 7.25. The number of thiophene rings is 1. The van der Waals surface area contributed by atoms with Gasteiger partial charge in [-0.3, -0.25) is 4.79 Å². The van der Waals surface area contributed by atoms with Crippen molar-refractivity contribution in [3.8, 4) is 0 Å². The van der Waals surface area contributed by atoms with E-state index in [1.807, 2.05) is 19.1 Å². The molecular weight excluding hydrogens is 260 g/mol. The molecule has 4 nitrogen and oxygen atoms in total. The van der Waals surface area contributed by atoms with Crippen LogP contribution in [0.2, 0.25) is 4.34 Å². The zero-order valence-corrected chi connectivity index (χ0v) is 10.8. The number of rotatable bonds is 4. The molecule has 6 heteroatoms. The van der Waals surface area contributed by atoms with Crippen LogP contribution in [0.15, 0.2) is 22.7 Å². The number of aromatic nitrogens is 1. The molecule has 2 aromatic heterocycles. The first-order chi connectivity index (χ1) is 8.13. The topological polar surface area (TPSA) is 55.1 Å². The van der Waals surface area contributed by atoms with E-state index in [-0.39, 0.29) is 12.3 Å². The van der Waals surface area contributed by atoms with E-state index in [9.17, 15) is 4.79 Å². The minimum Gasteiger partial charge on any atom is -0.361 e. The van der Waals surface area contributed by atoms with Crippen molar-refractivity contribution in [3.63, 3.8) is 0 Å². The lowest BCUT2D eigenvalue weighted by molar-refractivity contribution is -0.120. The third-order valence-corrected chi connectivity index (χ3v) is 3.33. The number of halogens is 1. The molecule has 0 saturated heterocycles. The predicted molar refractivity (Wildman–Crippen MR) is 66.1 cm³/mol. The van der Waals surface area contributed by atoms with Crippen molar-refractivity contribution in [3.05, 3.63) is 38.9 Å². The lowest BCUT2D eigenvalue weighted by Crippen LogP contribution is -2.23. The van der Waals surface area contributed by atoms with Crippen molar-refractivity contribution < 1.29 is 9.32 Å². The summed E-state index contributed by atoms with van der Waals surface area (Å²) in [6, 6.07) is 5.46. The smallest absolute Gasteiger partial charge is 0.228 e. The molecule has 1 N–H and O–H groups in total. The van der Waals surface area contributed by atoms with E-state index in [1.165, 1.54) is 11.3 Å². The maximum Gasteiger partial charge on any atom is 0.228 e. The summed E-state index contributed by atoms with van der Waals surface area (Å²) in [5.74, 6) is 0.481. The minimum atomic E-state index is -0.0920. The van der Waals surface area contributed by atoms with E-state index in [1.54, 1.807) is 6.07 Å². The van der Waals surface area contributed by atoms with Gasteiger partial charge in [0.25, 0.3) is 0 Å². The third kappa shape index (κ3) is 3.57. The van der Waals surface area contributed by atoms with E-state index in [4.69, 9.17) is 16.1 Å². The van der Waals surface area contributed by atoms with Gasteiger partial charge in [-0.2, -0.15) is 0 Å². The van der Waals surface area contributed by atoms with Crippen LogP contribution in [0.25, 0.3) is 0 Å². The number of nitrogens with zero attached hydrogens (tertiary/aromatic N) is 1. The van der Waals surface area contributed by atoms with Crippen LogP contribution >= 0.6 is 22.9 Å². The molecule has 90 valence electrons. The second-order valence-corrected chi connectivity index (χ2v) is 5.39. The first kappa shape index (κ1) is 12.1. The Labute approximate surface area is 108 Å². The van der Waals surface area contributed by atoms with Crippen molar-refractivity contribution in [1.82, 2.24) is 10.5 Å². The molecule has 1 amide bonds. The van der Waals surface area contributed by atoms with Crippen LogP contribution in [0.1, 0.15) is 16.3 Å². The number of amides is 1. The fourth-order valence-corrected chi connectivity index (χ4v) is 2.38. The molecule has 0 atom stereocenters. The Bertz CT molecular complexity index is 521. The first-order valence-corrected chi connectivity index (χ1v) is 6.26. The zero-order valence-electron chi connectivity index (χ0n) is 9.20. The standard InChI is InChI=1S/C11H11ClN2O2S/c1-7-4-8(16-14-7)5-11(15)13-6-9-2-3-10(12)17-9/h2-4H,5-6H2,1H3,(H,13,15). The maximum absolute atomic E-state index is 11.6. The quantitative estimate of drug-likeness (QED) is 0.929. The fourth-order valence-electron chi connectivity index (χ4n) is 1.35. The summed E-state index contributed by atoms with van der Waals surface area (Å²) in [7, 11) is 0. The number of carbonyl (C=O) groups is 1. The molecule has 0 aliphatic carbocycles. The Kier molecular flexibility index (Phi) is 3.81. The number of carbonyl (C=O) groups excluding carboxylic acids is 1. The van der Waals surface area contributed by atoms with Gasteiger partial charge in [0.15, 0.2) is 0 Å². The minimum absolute atomic E-state index is 0.0920. The summed E-state index contributed by atoms with van der Waals surface area (Å²) in [5, 5.41) is 6.52. The molecule has 17 heavy (non-hydrogen) atoms. The van der Waals surface area contributed by atoms with Crippen LogP contribution in [0.5, 0.6) is 0 Å². The molecular formula is C11H11ClN2O2S. The molecule has 0 aliphatic rings. The molecule has 0 saturated carbocycles. The third-order valence-electron chi connectivity index (χ3n) is 2.10. The van der Waals surface area contributed by atoms with E-state index in [0.717, 1.165) is 14.9 Å². The monoisotopic (exact) mass is 270 g/mol. The number of aryl methyl sites for hydroxylation is 1. The Morgan fingerprint density at radius 1 is 1.59 bits per heavy atom. The molecule has 0 fully saturated rings. The maximum atomic E-state index is 11.6. The number of hydrogen-bond donors (Lipinski definition) is 1. The van der Waals surface area contributed by atoms with Crippen molar-refractivity contribution in [2.45, 2.75) is 19.9 Å². The normalized spacial score (nSPS) is 10.5. The highest BCUT2D eigenvalue weighted by molar-refractivity contribution is 7.16. The molecule has 0 aromatic carbocycles. The predicted octanol–water partition coefficient (Wildman–Crippen LogP) is 2.56. The molecule has 2 heterocycles. The SMILES string of the molecule is Cc1cc(CC(=O)NCc2ccc(Cl)s2)on1. The highest BCUT2D eigenvalue weighted by Gasteiger charge is 2.08. The van der Waals surface area contributed by atoms with Gasteiger partial charge >= 0.3 is 0 Å². The van der Waals surface area contributed by atoms with E-state index < -0.39 is 0 Å². The summed E-state index contributed by atoms with van der Waals surface area (Å²) in [5.41, 5.74) is 0.776. The van der Waals surface area contributed by atoms with Gasteiger partial charge in [0, 0.05) is 10.9 Å². The van der Waals surface area contributed by atoms with Crippen molar-refractivity contribution in [2.75, 3.05) is 0 Å². The Morgan fingerprint density at radius 2 is 2.41 bits per heavy atom. The first-order valence-electron chi connectivity index (χ1n) is 5.06. The van der Waals surface area contributed by atoms with E-state index >= 15 is 0 Å². The van der Waals surface area contributed by atoms with Crippen LogP contribution < -0.4 is 5.32 Å². The van der Waals surface area contributed by atoms with Gasteiger partial charge in [0.05, 0.1) is 23.0 Å². The highest BCUT2D eigenvalue weighted by Crippen LogP contribution is 2.20. The molecule has 0 unspecified atom stereocenters. The van der Waals surface area contributed by atoms with Gasteiger partial charge in [-0.05, 0) is 19.1 Å². The summed E-state index contributed by atoms with van der Waals surface area (Å²) in [6.07, 6.45) is 0.208. The van der Waals surface area contributed by atoms with Crippen LogP contribution in [0.3, 0.4) is 0 Å². The van der Waals surface area contributed by atoms with Gasteiger partial charge in [-0.25, -0.2) is 0 Å². The Hall–Kier alpha value is -1.33. The average molecular weight is 271 g/mol. The highest BCUT2D eigenvalue weighted by atomic mass is 35.5. The van der Waals surface area contributed by atoms with Gasteiger partial charge in [0.1, 0.15) is 5.76 Å².